The van der Waals surface area contributed by atoms with E-state index in [1.165, 1.54) is 7.85 Å². The summed E-state index contributed by atoms with van der Waals surface area (Å²) in [5.41, 5.74) is 0. The first-order valence-electron chi connectivity index (χ1n) is 1.11. The third-order valence-corrected chi connectivity index (χ3v) is 0.347. The minimum absolute atomic E-state index is 0.0201. The molecular formula is CH3BClNO. The first kappa shape index (κ1) is 4.82. The molecule has 0 aromatic rings. The zero-order valence-electron chi connectivity index (χ0n) is 2.79. The summed E-state index contributed by atoms with van der Waals surface area (Å²) in [7, 11) is 1.45. The highest BCUT2D eigenvalue weighted by Gasteiger charge is 1.73. The third kappa shape index (κ3) is 3.82. The molecule has 28 valence electrons. The monoisotopic (exact) mass is 91.0 g/mol. The Hall–Kier alpha value is -0.175. The van der Waals surface area contributed by atoms with Crippen LogP contribution in [-0.4, -0.2) is 13.6 Å². The van der Waals surface area contributed by atoms with Crippen molar-refractivity contribution in [2.45, 2.75) is 0 Å². The molecule has 0 radical (unpaired) electrons. The van der Waals surface area contributed by atoms with Crippen LogP contribution in [0.4, 0.5) is 0 Å². The van der Waals surface area contributed by atoms with E-state index in [0.717, 1.165) is 0 Å². The SMILES string of the molecule is BC(=N)OCl. The molecule has 0 heterocycles. The average Bonchev–Trinajstić information content (AvgIpc) is 1.38. The minimum atomic E-state index is 0.0201. The molecule has 0 amide bonds. The first-order chi connectivity index (χ1) is 2.27. The van der Waals surface area contributed by atoms with Gasteiger partial charge in [-0.05, 0) is 0 Å². The molecule has 0 saturated heterocycles. The highest BCUT2D eigenvalue weighted by Crippen LogP contribution is 1.72. The zero-order valence-corrected chi connectivity index (χ0v) is 3.54. The Kier molecular flexibility index (Phi) is 2.01. The number of hydrogen-bond acceptors (Lipinski definition) is 2. The maximum absolute atomic E-state index is 6.39. The minimum Gasteiger partial charge on any atom is -0.383 e. The highest BCUT2D eigenvalue weighted by molar-refractivity contribution is 6.58. The van der Waals surface area contributed by atoms with E-state index in [1.807, 2.05) is 0 Å². The van der Waals surface area contributed by atoms with Gasteiger partial charge in [0.1, 0.15) is 17.7 Å². The molecule has 2 nitrogen and oxygen atoms in total. The zero-order chi connectivity index (χ0) is 4.28. The second kappa shape index (κ2) is 2.09. The summed E-state index contributed by atoms with van der Waals surface area (Å²) in [4.78, 5) is 0. The molecule has 0 aromatic carbocycles. The van der Waals surface area contributed by atoms with Gasteiger partial charge in [0.15, 0.2) is 0 Å². The van der Waals surface area contributed by atoms with Crippen LogP contribution in [-0.2, 0) is 4.29 Å². The molecule has 5 heavy (non-hydrogen) atoms. The van der Waals surface area contributed by atoms with Crippen LogP contribution in [0.25, 0.3) is 0 Å². The van der Waals surface area contributed by atoms with Gasteiger partial charge in [0.25, 0.3) is 0 Å². The topological polar surface area (TPSA) is 33.1 Å². The molecular weight excluding hydrogens is 88.3 g/mol. The molecule has 0 aliphatic carbocycles. The van der Waals surface area contributed by atoms with Crippen LogP contribution in [0.5, 0.6) is 0 Å². The molecule has 0 fully saturated rings. The molecule has 0 rings (SSSR count). The Morgan fingerprint density at radius 1 is 2.00 bits per heavy atom. The smallest absolute Gasteiger partial charge is 0.213 e. The summed E-state index contributed by atoms with van der Waals surface area (Å²) in [6, 6.07) is 0. The summed E-state index contributed by atoms with van der Waals surface area (Å²) in [5, 5.41) is 6.39. The van der Waals surface area contributed by atoms with Crippen molar-refractivity contribution in [3.05, 3.63) is 0 Å². The van der Waals surface area contributed by atoms with E-state index < -0.39 is 0 Å². The fourth-order valence-corrected chi connectivity index (χ4v) is 0. The maximum Gasteiger partial charge on any atom is 0.213 e. The second-order valence-electron chi connectivity index (χ2n) is 0.633. The summed E-state index contributed by atoms with van der Waals surface area (Å²) < 4.78 is 3.81. The van der Waals surface area contributed by atoms with Gasteiger partial charge in [-0.25, -0.2) is 0 Å². The van der Waals surface area contributed by atoms with Gasteiger partial charge in [0.2, 0.25) is 7.85 Å². The van der Waals surface area contributed by atoms with Crippen molar-refractivity contribution in [2.24, 2.45) is 0 Å². The van der Waals surface area contributed by atoms with Crippen molar-refractivity contribution >= 4 is 25.5 Å². The number of rotatable bonds is 0. The lowest BCUT2D eigenvalue weighted by atomic mass is 10.2. The quantitative estimate of drug-likeness (QED) is 0.248. The van der Waals surface area contributed by atoms with E-state index in [4.69, 9.17) is 5.41 Å². The van der Waals surface area contributed by atoms with Crippen LogP contribution in [0.3, 0.4) is 0 Å². The molecule has 0 bridgehead atoms. The molecule has 1 N–H and O–H groups in total. The Labute approximate surface area is 36.2 Å². The van der Waals surface area contributed by atoms with Crippen LogP contribution in [0.15, 0.2) is 0 Å². The summed E-state index contributed by atoms with van der Waals surface area (Å²) in [5.74, 6) is 0.0201. The third-order valence-electron chi connectivity index (χ3n) is 0.116. The van der Waals surface area contributed by atoms with Gasteiger partial charge in [-0.3, -0.25) is 5.41 Å². The lowest BCUT2D eigenvalue weighted by molar-refractivity contribution is 0.627. The van der Waals surface area contributed by atoms with Crippen LogP contribution >= 0.6 is 11.9 Å². The molecule has 0 aliphatic rings. The number of halogens is 1. The van der Waals surface area contributed by atoms with Gasteiger partial charge >= 0.3 is 0 Å². The van der Waals surface area contributed by atoms with Crippen molar-refractivity contribution < 1.29 is 4.29 Å². The van der Waals surface area contributed by atoms with Crippen LogP contribution in [0.1, 0.15) is 0 Å². The standard InChI is InChI=1S/CH3BClNO/c2-1(4)5-3/h4H,2H2. The summed E-state index contributed by atoms with van der Waals surface area (Å²) >= 11 is 4.61. The predicted molar refractivity (Wildman–Crippen MR) is 23.2 cm³/mol. The van der Waals surface area contributed by atoms with E-state index >= 15 is 0 Å². The summed E-state index contributed by atoms with van der Waals surface area (Å²) in [6.07, 6.45) is 0. The van der Waals surface area contributed by atoms with Gasteiger partial charge in [-0.2, -0.15) is 0 Å². The van der Waals surface area contributed by atoms with Gasteiger partial charge in [-0.15, -0.1) is 0 Å². The Balaban J connectivity index is 2.85. The van der Waals surface area contributed by atoms with E-state index in [-0.39, 0.29) is 5.80 Å². The molecule has 0 aliphatic heterocycles. The summed E-state index contributed by atoms with van der Waals surface area (Å²) in [6.45, 7) is 0. The van der Waals surface area contributed by atoms with E-state index in [9.17, 15) is 0 Å². The highest BCUT2D eigenvalue weighted by atomic mass is 35.5. The molecule has 4 heteroatoms. The predicted octanol–water partition coefficient (Wildman–Crippen LogP) is -0.275. The number of nitrogens with one attached hydrogen (secondary N) is 1. The van der Waals surface area contributed by atoms with Crippen LogP contribution in [0.2, 0.25) is 0 Å². The van der Waals surface area contributed by atoms with Gasteiger partial charge in [0, 0.05) is 0 Å². The van der Waals surface area contributed by atoms with Crippen molar-refractivity contribution in [3.8, 4) is 0 Å². The van der Waals surface area contributed by atoms with Crippen molar-refractivity contribution in [3.63, 3.8) is 0 Å². The lowest BCUT2D eigenvalue weighted by Crippen LogP contribution is -1.89. The fourth-order valence-electron chi connectivity index (χ4n) is 0. The van der Waals surface area contributed by atoms with Crippen molar-refractivity contribution in [2.75, 3.05) is 0 Å². The fraction of sp³-hybridized carbons (Fsp3) is 0. The Morgan fingerprint density at radius 3 is 2.20 bits per heavy atom. The van der Waals surface area contributed by atoms with Crippen molar-refractivity contribution in [1.82, 2.24) is 0 Å². The average molecular weight is 91.3 g/mol. The maximum atomic E-state index is 6.39. The molecule has 0 atom stereocenters. The molecule has 0 aromatic heterocycles. The van der Waals surface area contributed by atoms with Gasteiger partial charge < -0.3 is 4.29 Å². The lowest BCUT2D eigenvalue weighted by Gasteiger charge is -1.79. The Morgan fingerprint density at radius 2 is 2.20 bits per heavy atom. The molecule has 0 saturated carbocycles. The van der Waals surface area contributed by atoms with Crippen LogP contribution in [0, 0.1) is 5.41 Å². The normalized spacial score (nSPS) is 6.60. The largest absolute Gasteiger partial charge is 0.383 e. The first-order valence-corrected chi connectivity index (χ1v) is 1.42. The van der Waals surface area contributed by atoms with E-state index in [2.05, 4.69) is 16.2 Å². The van der Waals surface area contributed by atoms with Crippen LogP contribution < -0.4 is 0 Å². The van der Waals surface area contributed by atoms with E-state index in [0.29, 0.717) is 0 Å². The number of hydrogen-bond donors (Lipinski definition) is 1. The van der Waals surface area contributed by atoms with Gasteiger partial charge in [0.05, 0.1) is 0 Å². The molecule has 0 unspecified atom stereocenters. The van der Waals surface area contributed by atoms with Gasteiger partial charge in [-0.1, -0.05) is 0 Å². The second-order valence-corrected chi connectivity index (χ2v) is 0.788. The van der Waals surface area contributed by atoms with E-state index in [1.54, 1.807) is 0 Å². The Bertz CT molecular complexity index is 46.9. The van der Waals surface area contributed by atoms with Crippen molar-refractivity contribution in [1.29, 1.82) is 5.41 Å². The molecule has 0 spiro atoms.